The molecule has 0 aromatic carbocycles. The molecule has 3 aliphatic heterocycles. The third-order valence-electron chi connectivity index (χ3n) is 17.0. The molecule has 0 radical (unpaired) electrons. The third kappa shape index (κ3) is 35.4. The molecule has 0 bridgehead atoms. The summed E-state index contributed by atoms with van der Waals surface area (Å²) in [6.07, 6.45) is -7.16. The van der Waals surface area contributed by atoms with Crippen LogP contribution in [0, 0.1) is 11.3 Å². The highest BCUT2D eigenvalue weighted by atomic mass is 16.7. The summed E-state index contributed by atoms with van der Waals surface area (Å²) in [4.78, 5) is 112. The lowest BCUT2D eigenvalue weighted by molar-refractivity contribution is -0.270. The van der Waals surface area contributed by atoms with Gasteiger partial charge in [0.2, 0.25) is 29.5 Å². The molecule has 0 aliphatic carbocycles. The van der Waals surface area contributed by atoms with Crippen LogP contribution in [0.25, 0.3) is 0 Å². The number of Topliss-reactive ketones (excluding diaryl/α,β-unsaturated/α-hetero) is 4. The van der Waals surface area contributed by atoms with Gasteiger partial charge in [0.1, 0.15) is 96.2 Å². The summed E-state index contributed by atoms with van der Waals surface area (Å²) < 4.78 is 52.2. The molecule has 32 heteroatoms. The van der Waals surface area contributed by atoms with Gasteiger partial charge in [-0.15, -0.1) is 0 Å². The molecule has 572 valence electrons. The first kappa shape index (κ1) is 88.5. The highest BCUT2D eigenvalue weighted by Crippen LogP contribution is 2.30. The highest BCUT2D eigenvalue weighted by molar-refractivity contribution is 5.80. The van der Waals surface area contributed by atoms with Crippen LogP contribution in [0.2, 0.25) is 0 Å². The molecule has 0 spiro atoms. The smallest absolute Gasteiger partial charge is 0.222 e. The van der Waals surface area contributed by atoms with Crippen LogP contribution < -0.4 is 26.6 Å². The normalized spacial score (nSPS) is 26.1. The minimum Gasteiger partial charge on any atom is -0.394 e. The molecule has 5 amide bonds. The lowest BCUT2D eigenvalue weighted by Gasteiger charge is -2.42. The average Bonchev–Trinajstić information content (AvgIpc) is 0.821. The number of rotatable bonds is 55. The average molecular weight is 1420 g/mol. The Labute approximate surface area is 580 Å². The van der Waals surface area contributed by atoms with Crippen LogP contribution in [0.5, 0.6) is 0 Å². The quantitative estimate of drug-likeness (QED) is 0.0313. The Morgan fingerprint density at radius 3 is 1.03 bits per heavy atom. The Hall–Kier alpha value is -4.69. The number of ketones is 4. The SMILES string of the molecule is CC(=O)NC1[C@H](OCCCCC(=O)CCCCNC(=O)CCOCC(COCCC(=O)CCCCCC(=O)CCO[C@@H]2OC(CO)[C@H](O)[C@H](O)C2NC(C)=O)(COCCC(=O)CCCCNC(=O)CCCCO[C@@H]2OC(CO)[C@H](O)[C@H](O)C2NC(C)=O)CC(C)C)OC(CO)[C@H](O)[C@@H]1O. The van der Waals surface area contributed by atoms with Gasteiger partial charge in [0.05, 0.1) is 66.1 Å². The molecule has 16 atom stereocenters. The van der Waals surface area contributed by atoms with E-state index in [4.69, 9.17) is 42.6 Å². The van der Waals surface area contributed by atoms with Crippen LogP contribution >= 0.6 is 0 Å². The van der Waals surface area contributed by atoms with E-state index in [2.05, 4.69) is 26.6 Å². The van der Waals surface area contributed by atoms with E-state index in [1.165, 1.54) is 20.8 Å². The maximum absolute atomic E-state index is 13.0. The Morgan fingerprint density at radius 2 is 0.677 bits per heavy atom. The van der Waals surface area contributed by atoms with E-state index in [9.17, 15) is 89.1 Å². The van der Waals surface area contributed by atoms with Crippen molar-refractivity contribution in [1.82, 2.24) is 26.6 Å². The summed E-state index contributed by atoms with van der Waals surface area (Å²) in [5.74, 6) is -1.84. The fourth-order valence-corrected chi connectivity index (χ4v) is 11.8. The van der Waals surface area contributed by atoms with Crippen molar-refractivity contribution in [1.29, 1.82) is 0 Å². The van der Waals surface area contributed by atoms with Crippen molar-refractivity contribution in [2.45, 2.75) is 268 Å². The molecular weight excluding hydrogens is 1310 g/mol. The van der Waals surface area contributed by atoms with E-state index in [0.29, 0.717) is 103 Å². The number of hydrogen-bond acceptors (Lipinski definition) is 27. The fourth-order valence-electron chi connectivity index (χ4n) is 11.8. The number of carbonyl (C=O) groups is 9. The Kier molecular flexibility index (Phi) is 44.6. The molecule has 3 heterocycles. The molecule has 32 nitrogen and oxygen atoms in total. The van der Waals surface area contributed by atoms with E-state index in [1.54, 1.807) is 0 Å². The first-order valence-electron chi connectivity index (χ1n) is 35.1. The molecule has 3 fully saturated rings. The standard InChI is InChI=1S/C67H117N5O27/c1-42(2)35-67(39-91-31-23-47(80)17-7-6-8-18-49(82)25-34-96-66-57(72-45(5)78)63(90)60(87)52(38-75)99-66,40-92-32-24-48(81)20-10-14-27-68-53(83)22-12-16-30-95-65-56(71-44(4)77)62(89)59(86)51(37-74)98-65)41-93-33-26-54(84)69-28-13-9-19-46(79)21-11-15-29-94-64-55(70-43(3)76)61(88)58(85)50(36-73)97-64/h42,50-52,55-66,73-75,85-90H,6-41H2,1-5H3,(H,68,83)(H,69,84)(H,70,76)(H,71,77)(H,72,78)/t50?,51?,52?,55?,56?,57?,58-,59-,60-,61+,62+,63+,64+,65+,66+,67?/m0/s1. The van der Waals surface area contributed by atoms with Crippen molar-refractivity contribution in [2.24, 2.45) is 11.3 Å². The maximum Gasteiger partial charge on any atom is 0.222 e. The maximum atomic E-state index is 13.0. The third-order valence-corrected chi connectivity index (χ3v) is 17.0. The number of aliphatic hydroxyl groups excluding tert-OH is 9. The Morgan fingerprint density at radius 1 is 0.374 bits per heavy atom. The van der Waals surface area contributed by atoms with Crippen LogP contribution in [0.4, 0.5) is 0 Å². The van der Waals surface area contributed by atoms with Gasteiger partial charge in [-0.2, -0.15) is 0 Å². The summed E-state index contributed by atoms with van der Waals surface area (Å²) in [5.41, 5.74) is -0.724. The van der Waals surface area contributed by atoms with Gasteiger partial charge in [-0.3, -0.25) is 43.2 Å². The van der Waals surface area contributed by atoms with Gasteiger partial charge in [0.15, 0.2) is 18.9 Å². The van der Waals surface area contributed by atoms with E-state index in [0.717, 1.165) is 0 Å². The summed E-state index contributed by atoms with van der Waals surface area (Å²) in [5, 5.41) is 104. The molecule has 7 unspecified atom stereocenters. The molecule has 0 aromatic heterocycles. The molecule has 99 heavy (non-hydrogen) atoms. The fraction of sp³-hybridized carbons (Fsp3) is 0.866. The molecule has 14 N–H and O–H groups in total. The topological polar surface area (TPSA) is 479 Å². The lowest BCUT2D eigenvalue weighted by Crippen LogP contribution is -2.64. The van der Waals surface area contributed by atoms with E-state index in [1.807, 2.05) is 13.8 Å². The van der Waals surface area contributed by atoms with Crippen LogP contribution in [-0.2, 0) is 85.8 Å². The molecular formula is C67H117N5O27. The van der Waals surface area contributed by atoms with Gasteiger partial charge in [-0.25, -0.2) is 0 Å². The molecule has 3 aliphatic rings. The molecule has 3 rings (SSSR count). The van der Waals surface area contributed by atoms with Crippen molar-refractivity contribution in [3.8, 4) is 0 Å². The van der Waals surface area contributed by atoms with Gasteiger partial charge in [-0.05, 0) is 76.5 Å². The van der Waals surface area contributed by atoms with Crippen molar-refractivity contribution in [2.75, 3.05) is 92.4 Å². The first-order valence-corrected chi connectivity index (χ1v) is 35.1. The second-order valence-corrected chi connectivity index (χ2v) is 26.4. The zero-order valence-electron chi connectivity index (χ0n) is 58.6. The van der Waals surface area contributed by atoms with Crippen LogP contribution in [0.1, 0.15) is 176 Å². The lowest BCUT2D eigenvalue weighted by atomic mass is 9.82. The summed E-state index contributed by atoms with van der Waals surface area (Å²) in [6.45, 7) is 7.67. The van der Waals surface area contributed by atoms with Gasteiger partial charge in [0.25, 0.3) is 0 Å². The zero-order valence-corrected chi connectivity index (χ0v) is 58.6. The van der Waals surface area contributed by atoms with Crippen molar-refractivity contribution in [3.63, 3.8) is 0 Å². The number of ether oxygens (including phenoxy) is 9. The Balaban J connectivity index is 1.41. The van der Waals surface area contributed by atoms with E-state index < -0.39 is 135 Å². The molecule has 0 saturated carbocycles. The summed E-state index contributed by atoms with van der Waals surface area (Å²) >= 11 is 0. The van der Waals surface area contributed by atoms with Gasteiger partial charge in [0, 0.05) is 117 Å². The van der Waals surface area contributed by atoms with Gasteiger partial charge >= 0.3 is 0 Å². The van der Waals surface area contributed by atoms with E-state index >= 15 is 0 Å². The van der Waals surface area contributed by atoms with Crippen LogP contribution in [0.15, 0.2) is 0 Å². The molecule has 3 saturated heterocycles. The van der Waals surface area contributed by atoms with Crippen LogP contribution in [-0.4, -0.2) is 283 Å². The monoisotopic (exact) mass is 1420 g/mol. The number of nitrogens with one attached hydrogen (secondary N) is 5. The van der Waals surface area contributed by atoms with E-state index in [-0.39, 0.29) is 152 Å². The second-order valence-electron chi connectivity index (χ2n) is 26.4. The predicted octanol–water partition coefficient (Wildman–Crippen LogP) is -1.35. The number of aliphatic hydroxyl groups is 9. The number of carbonyl (C=O) groups excluding carboxylic acids is 9. The number of unbranched alkanes of at least 4 members (excludes halogenated alkanes) is 6. The first-order chi connectivity index (χ1) is 47.2. The predicted molar refractivity (Wildman–Crippen MR) is 351 cm³/mol. The molecule has 0 aromatic rings. The highest BCUT2D eigenvalue weighted by Gasteiger charge is 2.48. The van der Waals surface area contributed by atoms with Crippen molar-refractivity contribution >= 4 is 52.7 Å². The number of amides is 5. The minimum absolute atomic E-state index is 0.0128. The Bertz CT molecular complexity index is 2280. The summed E-state index contributed by atoms with van der Waals surface area (Å²) in [6, 6.07) is -3.24. The number of hydrogen-bond donors (Lipinski definition) is 14. The van der Waals surface area contributed by atoms with Crippen molar-refractivity contribution in [3.05, 3.63) is 0 Å². The summed E-state index contributed by atoms with van der Waals surface area (Å²) in [7, 11) is 0. The van der Waals surface area contributed by atoms with Crippen molar-refractivity contribution < 1.29 is 132 Å². The van der Waals surface area contributed by atoms with Gasteiger partial charge in [-0.1, -0.05) is 20.3 Å². The second kappa shape index (κ2) is 49.8. The zero-order chi connectivity index (χ0) is 73.3. The van der Waals surface area contributed by atoms with Crippen LogP contribution in [0.3, 0.4) is 0 Å². The largest absolute Gasteiger partial charge is 0.394 e. The van der Waals surface area contributed by atoms with Gasteiger partial charge < -0.3 is 115 Å². The minimum atomic E-state index is -1.47.